The molecule has 0 heterocycles. The Bertz CT molecular complexity index is 650. The number of aliphatic imine (C=N–C) groups is 1. The Hall–Kier alpha value is -1.35. The standard InChI is InChI=1S/C15H15BrFN3O.HI/c1-21-12-5-3-11(4-6-12)20-15(18)19-9-10-2-7-13(16)14(17)8-10;/h2-8H,9H2,1H3,(H3,18,19,20);1H. The summed E-state index contributed by atoms with van der Waals surface area (Å²) in [6, 6.07) is 12.2. The molecule has 0 unspecified atom stereocenters. The van der Waals surface area contributed by atoms with E-state index in [9.17, 15) is 4.39 Å². The van der Waals surface area contributed by atoms with Gasteiger partial charge in [0.15, 0.2) is 5.96 Å². The third-order valence-electron chi connectivity index (χ3n) is 2.78. The molecule has 0 aromatic heterocycles. The van der Waals surface area contributed by atoms with Crippen molar-refractivity contribution in [3.05, 3.63) is 58.3 Å². The molecule has 3 N–H and O–H groups in total. The fraction of sp³-hybridized carbons (Fsp3) is 0.133. The van der Waals surface area contributed by atoms with Crippen LogP contribution in [-0.2, 0) is 6.54 Å². The topological polar surface area (TPSA) is 59.6 Å². The Balaban J connectivity index is 0.00000242. The number of guanidine groups is 1. The molecule has 22 heavy (non-hydrogen) atoms. The minimum Gasteiger partial charge on any atom is -0.497 e. The molecular formula is C15H16BrFIN3O. The summed E-state index contributed by atoms with van der Waals surface area (Å²) < 4.78 is 18.9. The Morgan fingerprint density at radius 3 is 2.55 bits per heavy atom. The molecule has 0 amide bonds. The van der Waals surface area contributed by atoms with E-state index in [1.807, 2.05) is 24.3 Å². The number of nitrogens with one attached hydrogen (secondary N) is 1. The van der Waals surface area contributed by atoms with E-state index in [1.54, 1.807) is 19.2 Å². The Morgan fingerprint density at radius 2 is 1.95 bits per heavy atom. The van der Waals surface area contributed by atoms with Crippen molar-refractivity contribution in [1.82, 2.24) is 0 Å². The molecule has 0 aliphatic carbocycles. The summed E-state index contributed by atoms with van der Waals surface area (Å²) in [5.41, 5.74) is 7.35. The molecule has 2 rings (SSSR count). The van der Waals surface area contributed by atoms with Crippen LogP contribution in [0.25, 0.3) is 0 Å². The van der Waals surface area contributed by atoms with Gasteiger partial charge in [-0.1, -0.05) is 6.07 Å². The zero-order chi connectivity index (χ0) is 15.2. The van der Waals surface area contributed by atoms with Crippen molar-refractivity contribution in [2.75, 3.05) is 12.4 Å². The van der Waals surface area contributed by atoms with Gasteiger partial charge in [-0.3, -0.25) is 0 Å². The van der Waals surface area contributed by atoms with Crippen LogP contribution in [0.2, 0.25) is 0 Å². The van der Waals surface area contributed by atoms with Gasteiger partial charge in [0.25, 0.3) is 0 Å². The van der Waals surface area contributed by atoms with Crippen LogP contribution in [0.3, 0.4) is 0 Å². The molecule has 4 nitrogen and oxygen atoms in total. The summed E-state index contributed by atoms with van der Waals surface area (Å²) in [4.78, 5) is 4.17. The van der Waals surface area contributed by atoms with Crippen molar-refractivity contribution < 1.29 is 9.13 Å². The van der Waals surface area contributed by atoms with Gasteiger partial charge >= 0.3 is 0 Å². The Labute approximate surface area is 154 Å². The van der Waals surface area contributed by atoms with Gasteiger partial charge in [0.2, 0.25) is 0 Å². The lowest BCUT2D eigenvalue weighted by molar-refractivity contribution is 0.415. The summed E-state index contributed by atoms with van der Waals surface area (Å²) in [5, 5.41) is 2.96. The lowest BCUT2D eigenvalue weighted by Crippen LogP contribution is -2.22. The fourth-order valence-electron chi connectivity index (χ4n) is 1.68. The van der Waals surface area contributed by atoms with Crippen LogP contribution in [0.1, 0.15) is 5.56 Å². The summed E-state index contributed by atoms with van der Waals surface area (Å²) in [6.45, 7) is 0.305. The molecule has 2 aromatic carbocycles. The first-order chi connectivity index (χ1) is 10.1. The number of hydrogen-bond donors (Lipinski definition) is 2. The van der Waals surface area contributed by atoms with Gasteiger partial charge in [-0.25, -0.2) is 9.38 Å². The minimum absolute atomic E-state index is 0. The molecule has 2 aromatic rings. The predicted molar refractivity (Wildman–Crippen MR) is 101 cm³/mol. The number of ether oxygens (including phenoxy) is 1. The lowest BCUT2D eigenvalue weighted by atomic mass is 10.2. The highest BCUT2D eigenvalue weighted by Gasteiger charge is 2.01. The van der Waals surface area contributed by atoms with Crippen LogP contribution >= 0.6 is 39.9 Å². The van der Waals surface area contributed by atoms with E-state index >= 15 is 0 Å². The van der Waals surface area contributed by atoms with Crippen LogP contribution < -0.4 is 15.8 Å². The maximum Gasteiger partial charge on any atom is 0.193 e. The average Bonchev–Trinajstić information content (AvgIpc) is 2.49. The number of hydrogen-bond acceptors (Lipinski definition) is 2. The molecule has 0 aliphatic rings. The second-order valence-electron chi connectivity index (χ2n) is 4.30. The third kappa shape index (κ3) is 5.45. The number of methoxy groups -OCH3 is 1. The lowest BCUT2D eigenvalue weighted by Gasteiger charge is -2.07. The summed E-state index contributed by atoms with van der Waals surface area (Å²) in [5.74, 6) is 0.717. The number of rotatable bonds is 4. The van der Waals surface area contributed by atoms with E-state index in [0.29, 0.717) is 11.0 Å². The van der Waals surface area contributed by atoms with Crippen molar-refractivity contribution in [3.63, 3.8) is 0 Å². The molecule has 0 aliphatic heterocycles. The zero-order valence-electron chi connectivity index (χ0n) is 11.8. The molecule has 0 spiro atoms. The van der Waals surface area contributed by atoms with Gasteiger partial charge in [-0.15, -0.1) is 24.0 Å². The van der Waals surface area contributed by atoms with E-state index in [4.69, 9.17) is 10.5 Å². The van der Waals surface area contributed by atoms with Gasteiger partial charge in [0.05, 0.1) is 18.1 Å². The van der Waals surface area contributed by atoms with E-state index in [2.05, 4.69) is 26.2 Å². The molecule has 0 fully saturated rings. The molecule has 0 radical (unpaired) electrons. The molecular weight excluding hydrogens is 464 g/mol. The maximum absolute atomic E-state index is 13.4. The van der Waals surface area contributed by atoms with Gasteiger partial charge in [0.1, 0.15) is 11.6 Å². The summed E-state index contributed by atoms with van der Waals surface area (Å²) in [6.07, 6.45) is 0. The van der Waals surface area contributed by atoms with Gasteiger partial charge in [-0.2, -0.15) is 0 Å². The summed E-state index contributed by atoms with van der Waals surface area (Å²) in [7, 11) is 1.61. The SMILES string of the molecule is COc1ccc(NC(N)=NCc2ccc(Br)c(F)c2)cc1.I. The largest absolute Gasteiger partial charge is 0.497 e. The highest BCUT2D eigenvalue weighted by atomic mass is 127. The maximum atomic E-state index is 13.4. The first kappa shape index (κ1) is 18.7. The van der Waals surface area contributed by atoms with E-state index in [-0.39, 0.29) is 35.8 Å². The monoisotopic (exact) mass is 479 g/mol. The van der Waals surface area contributed by atoms with Crippen molar-refractivity contribution in [2.24, 2.45) is 10.7 Å². The van der Waals surface area contributed by atoms with Crippen molar-refractivity contribution in [1.29, 1.82) is 0 Å². The number of nitrogens with zero attached hydrogens (tertiary/aromatic N) is 1. The van der Waals surface area contributed by atoms with Crippen molar-refractivity contribution in [3.8, 4) is 5.75 Å². The molecule has 0 saturated carbocycles. The number of benzene rings is 2. The molecule has 0 atom stereocenters. The van der Waals surface area contributed by atoms with Gasteiger partial charge < -0.3 is 15.8 Å². The highest BCUT2D eigenvalue weighted by molar-refractivity contribution is 14.0. The highest BCUT2D eigenvalue weighted by Crippen LogP contribution is 2.17. The minimum atomic E-state index is -0.315. The van der Waals surface area contributed by atoms with Crippen LogP contribution in [0, 0.1) is 5.82 Å². The molecule has 0 saturated heterocycles. The van der Waals surface area contributed by atoms with Crippen LogP contribution in [0.4, 0.5) is 10.1 Å². The molecule has 118 valence electrons. The van der Waals surface area contributed by atoms with Crippen molar-refractivity contribution >= 4 is 51.6 Å². The van der Waals surface area contributed by atoms with Gasteiger partial charge in [0, 0.05) is 5.69 Å². The van der Waals surface area contributed by atoms with Crippen LogP contribution in [-0.4, -0.2) is 13.1 Å². The smallest absolute Gasteiger partial charge is 0.193 e. The molecule has 7 heteroatoms. The molecule has 0 bridgehead atoms. The van der Waals surface area contributed by atoms with Crippen LogP contribution in [0.5, 0.6) is 5.75 Å². The van der Waals surface area contributed by atoms with Crippen LogP contribution in [0.15, 0.2) is 51.9 Å². The number of anilines is 1. The predicted octanol–water partition coefficient (Wildman–Crippen LogP) is 4.14. The second-order valence-corrected chi connectivity index (χ2v) is 5.16. The van der Waals surface area contributed by atoms with E-state index < -0.39 is 0 Å². The average molecular weight is 480 g/mol. The Kier molecular flexibility index (Phi) is 7.60. The van der Waals surface area contributed by atoms with E-state index in [0.717, 1.165) is 17.0 Å². The first-order valence-corrected chi connectivity index (χ1v) is 7.02. The first-order valence-electron chi connectivity index (χ1n) is 6.23. The number of halogens is 3. The normalized spacial score (nSPS) is 10.8. The van der Waals surface area contributed by atoms with E-state index in [1.165, 1.54) is 6.07 Å². The second kappa shape index (κ2) is 8.94. The quantitative estimate of drug-likeness (QED) is 0.393. The fourth-order valence-corrected chi connectivity index (χ4v) is 1.92. The van der Waals surface area contributed by atoms with Crippen molar-refractivity contribution in [2.45, 2.75) is 6.54 Å². The Morgan fingerprint density at radius 1 is 1.27 bits per heavy atom. The number of nitrogens with two attached hydrogens (primary N) is 1. The summed E-state index contributed by atoms with van der Waals surface area (Å²) >= 11 is 3.11. The third-order valence-corrected chi connectivity index (χ3v) is 3.42. The zero-order valence-corrected chi connectivity index (χ0v) is 15.8. The van der Waals surface area contributed by atoms with Gasteiger partial charge in [-0.05, 0) is 57.9 Å².